The molecule has 0 saturated carbocycles. The van der Waals surface area contributed by atoms with Crippen LogP contribution in [0.2, 0.25) is 0 Å². The number of anilines is 1. The van der Waals surface area contributed by atoms with Crippen molar-refractivity contribution in [2.24, 2.45) is 0 Å². The van der Waals surface area contributed by atoms with Gasteiger partial charge in [0.1, 0.15) is 30.7 Å². The number of likely N-dealkylation sites (N-methyl/N-ethyl adjacent to an activating group) is 1. The lowest BCUT2D eigenvalue weighted by Gasteiger charge is -2.36. The topological polar surface area (TPSA) is 56.8 Å². The van der Waals surface area contributed by atoms with E-state index in [0.29, 0.717) is 35.7 Å². The van der Waals surface area contributed by atoms with Gasteiger partial charge >= 0.3 is 0 Å². The van der Waals surface area contributed by atoms with Crippen molar-refractivity contribution >= 4 is 11.6 Å². The molecule has 0 spiro atoms. The Kier molecular flexibility index (Phi) is 6.33. The molecular weight excluding hydrogens is 423 g/mol. The summed E-state index contributed by atoms with van der Waals surface area (Å²) in [4.78, 5) is 12.5. The zero-order valence-electron chi connectivity index (χ0n) is 14.4. The minimum absolute atomic E-state index is 0. The number of nitrogens with one attached hydrogen (secondary N) is 1. The normalized spacial score (nSPS) is 21.2. The third-order valence-electron chi connectivity index (χ3n) is 4.57. The van der Waals surface area contributed by atoms with Crippen molar-refractivity contribution in [1.29, 1.82) is 0 Å². The number of nitrogens with zero attached hydrogens (tertiary/aromatic N) is 1. The van der Waals surface area contributed by atoms with Gasteiger partial charge in [0.25, 0.3) is 5.91 Å². The van der Waals surface area contributed by atoms with Crippen LogP contribution in [0.25, 0.3) is 0 Å². The van der Waals surface area contributed by atoms with Crippen LogP contribution in [0.4, 0.5) is 5.69 Å². The van der Waals surface area contributed by atoms with Crippen LogP contribution in [-0.2, 0) is 16.0 Å². The summed E-state index contributed by atoms with van der Waals surface area (Å²) >= 11 is 0. The molecule has 0 radical (unpaired) electrons. The summed E-state index contributed by atoms with van der Waals surface area (Å²) < 4.78 is 17.3. The third-order valence-corrected chi connectivity index (χ3v) is 4.57. The van der Waals surface area contributed by atoms with Crippen molar-refractivity contribution in [3.8, 4) is 11.5 Å². The smallest absolute Gasteiger partial charge is 0.279 e. The summed E-state index contributed by atoms with van der Waals surface area (Å²) in [6, 6.07) is 3.83. The van der Waals surface area contributed by atoms with Crippen molar-refractivity contribution in [3.05, 3.63) is 17.7 Å². The van der Waals surface area contributed by atoms with Gasteiger partial charge in [0.05, 0.1) is 33.1 Å². The van der Waals surface area contributed by atoms with Gasteiger partial charge in [-0.15, -0.1) is 0 Å². The summed E-state index contributed by atoms with van der Waals surface area (Å²) in [5, 5.41) is 2.98. The van der Waals surface area contributed by atoms with E-state index < -0.39 is 0 Å². The zero-order valence-corrected chi connectivity index (χ0v) is 16.6. The van der Waals surface area contributed by atoms with Gasteiger partial charge in [-0.3, -0.25) is 4.79 Å². The van der Waals surface area contributed by atoms with Crippen LogP contribution < -0.4 is 38.8 Å². The second-order valence-electron chi connectivity index (χ2n) is 6.68. The van der Waals surface area contributed by atoms with Crippen LogP contribution in [0.5, 0.6) is 11.5 Å². The van der Waals surface area contributed by atoms with E-state index in [1.807, 2.05) is 19.1 Å². The number of carbonyl (C=O) groups excluding carboxylic acids is 1. The lowest BCUT2D eigenvalue weighted by Crippen LogP contribution is -3.00. The maximum Gasteiger partial charge on any atom is 0.279 e. The highest BCUT2D eigenvalue weighted by Gasteiger charge is 2.29. The number of amides is 1. The van der Waals surface area contributed by atoms with Crippen molar-refractivity contribution in [2.45, 2.75) is 19.4 Å². The molecule has 1 amide bonds. The molecule has 1 aromatic carbocycles. The molecule has 2 aliphatic heterocycles. The van der Waals surface area contributed by atoms with E-state index in [9.17, 15) is 4.79 Å². The molecule has 7 heteroatoms. The molecule has 2 aliphatic rings. The second-order valence-corrected chi connectivity index (χ2v) is 6.68. The summed E-state index contributed by atoms with van der Waals surface area (Å²) in [6.45, 7) is 5.59. The summed E-state index contributed by atoms with van der Waals surface area (Å²) in [6.07, 6.45) is 1.04. The average Bonchev–Trinajstić information content (AvgIpc) is 2.85. The van der Waals surface area contributed by atoms with Gasteiger partial charge in [-0.25, -0.2) is 0 Å². The van der Waals surface area contributed by atoms with Gasteiger partial charge in [-0.2, -0.15) is 0 Å². The van der Waals surface area contributed by atoms with Gasteiger partial charge in [-0.1, -0.05) is 0 Å². The van der Waals surface area contributed by atoms with Crippen LogP contribution in [0, 0.1) is 0 Å². The van der Waals surface area contributed by atoms with Gasteiger partial charge in [0.15, 0.2) is 6.54 Å². The fourth-order valence-electron chi connectivity index (χ4n) is 3.18. The fraction of sp³-hybridized carbons (Fsp3) is 0.588. The van der Waals surface area contributed by atoms with Crippen molar-refractivity contribution < 1.29 is 47.5 Å². The molecule has 1 fully saturated rings. The predicted octanol–water partition coefficient (Wildman–Crippen LogP) is -1.56. The van der Waals surface area contributed by atoms with Crippen molar-refractivity contribution in [3.63, 3.8) is 0 Å². The average molecular weight is 448 g/mol. The molecule has 1 aromatic rings. The first-order valence-corrected chi connectivity index (χ1v) is 8.08. The van der Waals surface area contributed by atoms with Crippen LogP contribution >= 0.6 is 0 Å². The van der Waals surface area contributed by atoms with E-state index >= 15 is 0 Å². The number of hydrogen-bond acceptors (Lipinski definition) is 4. The number of methoxy groups -OCH3 is 1. The molecule has 1 saturated heterocycles. The molecule has 2 heterocycles. The SMILES string of the molecule is COc1cc2c(cc1NC(=O)C[N+]1(C)CCOCC1)OC(C)C2.[I-]. The molecule has 0 aliphatic carbocycles. The summed E-state index contributed by atoms with van der Waals surface area (Å²) in [7, 11) is 3.71. The minimum atomic E-state index is -0.0151. The Bertz CT molecular complexity index is 602. The van der Waals surface area contributed by atoms with Crippen LogP contribution in [0.3, 0.4) is 0 Å². The quantitative estimate of drug-likeness (QED) is 0.448. The Hall–Kier alpha value is -1.06. The standard InChI is InChI=1S/C17H24N2O4.HI/c1-12-8-13-9-16(21-3)14(10-15(13)23-12)18-17(20)11-19(2)4-6-22-7-5-19;/h9-10,12H,4-8,11H2,1-3H3;1H. The Morgan fingerprint density at radius 2 is 2.08 bits per heavy atom. The second kappa shape index (κ2) is 7.88. The van der Waals surface area contributed by atoms with Crippen LogP contribution in [0.15, 0.2) is 12.1 Å². The number of fused-ring (bicyclic) bond motifs is 1. The third kappa shape index (κ3) is 4.31. The Balaban J connectivity index is 0.00000208. The summed E-state index contributed by atoms with van der Waals surface area (Å²) in [5.41, 5.74) is 1.80. The Morgan fingerprint density at radius 1 is 1.38 bits per heavy atom. The first kappa shape index (κ1) is 19.3. The fourth-order valence-corrected chi connectivity index (χ4v) is 3.18. The molecule has 6 nitrogen and oxygen atoms in total. The van der Waals surface area contributed by atoms with E-state index in [4.69, 9.17) is 14.2 Å². The number of halogens is 1. The molecule has 0 bridgehead atoms. The number of rotatable bonds is 4. The van der Waals surface area contributed by atoms with Gasteiger partial charge in [0.2, 0.25) is 0 Å². The molecule has 24 heavy (non-hydrogen) atoms. The highest BCUT2D eigenvalue weighted by Crippen LogP contribution is 2.37. The van der Waals surface area contributed by atoms with Gasteiger partial charge in [0, 0.05) is 18.1 Å². The van der Waals surface area contributed by atoms with Crippen molar-refractivity contribution in [1.82, 2.24) is 0 Å². The van der Waals surface area contributed by atoms with E-state index in [1.54, 1.807) is 7.11 Å². The largest absolute Gasteiger partial charge is 1.00 e. The predicted molar refractivity (Wildman–Crippen MR) is 87.0 cm³/mol. The summed E-state index contributed by atoms with van der Waals surface area (Å²) in [5.74, 6) is 1.50. The Morgan fingerprint density at radius 3 is 2.75 bits per heavy atom. The minimum Gasteiger partial charge on any atom is -1.00 e. The lowest BCUT2D eigenvalue weighted by atomic mass is 10.1. The number of carbonyl (C=O) groups is 1. The molecular formula is C17H25IN2O4. The molecule has 3 rings (SSSR count). The molecule has 0 aromatic heterocycles. The number of ether oxygens (including phenoxy) is 3. The Labute approximate surface area is 160 Å². The molecule has 134 valence electrons. The monoisotopic (exact) mass is 448 g/mol. The maximum atomic E-state index is 12.5. The van der Waals surface area contributed by atoms with E-state index in [2.05, 4.69) is 12.4 Å². The maximum absolute atomic E-state index is 12.5. The van der Waals surface area contributed by atoms with Crippen molar-refractivity contribution in [2.75, 3.05) is 52.3 Å². The number of benzene rings is 1. The highest BCUT2D eigenvalue weighted by molar-refractivity contribution is 5.93. The number of hydrogen-bond donors (Lipinski definition) is 1. The zero-order chi connectivity index (χ0) is 16.4. The van der Waals surface area contributed by atoms with E-state index in [-0.39, 0.29) is 36.0 Å². The van der Waals surface area contributed by atoms with E-state index in [1.165, 1.54) is 0 Å². The lowest BCUT2D eigenvalue weighted by molar-refractivity contribution is -0.909. The van der Waals surface area contributed by atoms with Crippen LogP contribution in [-0.4, -0.2) is 63.5 Å². The van der Waals surface area contributed by atoms with E-state index in [0.717, 1.165) is 30.8 Å². The molecule has 1 N–H and O–H groups in total. The van der Waals surface area contributed by atoms with Gasteiger partial charge < -0.3 is 48.0 Å². The van der Waals surface area contributed by atoms with Gasteiger partial charge in [-0.05, 0) is 13.0 Å². The highest BCUT2D eigenvalue weighted by atomic mass is 127. The first-order valence-electron chi connectivity index (χ1n) is 8.08. The number of quaternary nitrogens is 1. The first-order chi connectivity index (χ1) is 11.0. The molecule has 1 unspecified atom stereocenters. The molecule has 1 atom stereocenters. The number of morpholine rings is 1. The van der Waals surface area contributed by atoms with Crippen LogP contribution in [0.1, 0.15) is 12.5 Å².